The van der Waals surface area contributed by atoms with E-state index in [0.717, 1.165) is 12.8 Å². The Balaban J connectivity index is 1.12. The molecule has 1 spiro atoms. The summed E-state index contributed by atoms with van der Waals surface area (Å²) >= 11 is 1.98. The fraction of sp³-hybridized carbons (Fsp3) is 0.0566. The van der Waals surface area contributed by atoms with Crippen molar-refractivity contribution < 1.29 is 0 Å². The Morgan fingerprint density at radius 1 is 0.481 bits per heavy atom. The fourth-order valence-corrected chi connectivity index (χ4v) is 10.9. The lowest BCUT2D eigenvalue weighted by atomic mass is 9.73. The van der Waals surface area contributed by atoms with Crippen molar-refractivity contribution in [2.45, 2.75) is 18.3 Å². The van der Waals surface area contributed by atoms with Crippen molar-refractivity contribution in [1.29, 1.82) is 0 Å². The summed E-state index contributed by atoms with van der Waals surface area (Å²) in [7, 11) is 0. The molecule has 2 aliphatic rings. The van der Waals surface area contributed by atoms with E-state index in [9.17, 15) is 0 Å². The molecular weight excluding hydrogens is 669 g/mol. The number of aryl methyl sites for hydroxylation is 1. The van der Waals surface area contributed by atoms with E-state index in [2.05, 4.69) is 194 Å². The summed E-state index contributed by atoms with van der Waals surface area (Å²) in [6, 6.07) is 69.8. The average Bonchev–Trinajstić information content (AvgIpc) is 3.87. The van der Waals surface area contributed by atoms with Crippen LogP contribution < -0.4 is 0 Å². The summed E-state index contributed by atoms with van der Waals surface area (Å²) in [5.74, 6) is 0. The highest BCUT2D eigenvalue weighted by atomic mass is 32.1. The minimum Gasteiger partial charge on any atom is -0.138 e. The van der Waals surface area contributed by atoms with E-state index in [1.807, 2.05) is 11.3 Å². The molecule has 1 aromatic heterocycles. The Bertz CT molecular complexity index is 2870. The zero-order valence-corrected chi connectivity index (χ0v) is 30.6. The molecule has 54 heavy (non-hydrogen) atoms. The monoisotopic (exact) mass is 704 g/mol. The molecule has 0 aliphatic heterocycles. The van der Waals surface area contributed by atoms with Crippen LogP contribution in [0.4, 0.5) is 0 Å². The van der Waals surface area contributed by atoms with Crippen molar-refractivity contribution in [3.63, 3.8) is 0 Å². The molecule has 1 heteroatoms. The Morgan fingerprint density at radius 3 is 1.89 bits per heavy atom. The van der Waals surface area contributed by atoms with Gasteiger partial charge in [-0.1, -0.05) is 188 Å². The maximum absolute atomic E-state index is 2.53. The van der Waals surface area contributed by atoms with Crippen LogP contribution in [-0.4, -0.2) is 0 Å². The van der Waals surface area contributed by atoms with E-state index in [1.165, 1.54) is 98.1 Å². The molecule has 0 atom stereocenters. The number of benzene rings is 8. The van der Waals surface area contributed by atoms with Crippen molar-refractivity contribution in [2.75, 3.05) is 0 Å². The second-order valence-corrected chi connectivity index (χ2v) is 15.7. The van der Waals surface area contributed by atoms with E-state index in [4.69, 9.17) is 0 Å². The standard InChI is InChI=1S/C53H36S/c1-2-14-36(15-3-1)37-31-28-35(29-32-37)30-33-39(42-23-12-17-38-16-4-5-19-41(38)42)34-40-18-13-26-48-50(40)51-45-22-8-11-27-49(45)54-52(51)53(48)46-24-9-6-20-43(46)44-21-7-10-25-47(44)53/h1-29,31-32,34H,30,33H2/b39-34-. The molecule has 0 fully saturated rings. The molecule has 0 unspecified atom stereocenters. The molecule has 1 heterocycles. The Kier molecular flexibility index (Phi) is 7.18. The molecule has 0 amide bonds. The molecule has 0 saturated carbocycles. The van der Waals surface area contributed by atoms with Gasteiger partial charge in [-0.2, -0.15) is 0 Å². The molecule has 254 valence electrons. The largest absolute Gasteiger partial charge is 0.138 e. The first-order valence-electron chi connectivity index (χ1n) is 19.0. The third-order valence-electron chi connectivity index (χ3n) is 11.8. The molecule has 9 aromatic rings. The van der Waals surface area contributed by atoms with Crippen molar-refractivity contribution in [2.24, 2.45) is 0 Å². The van der Waals surface area contributed by atoms with Crippen molar-refractivity contribution in [1.82, 2.24) is 0 Å². The summed E-state index contributed by atoms with van der Waals surface area (Å²) in [6.07, 6.45) is 4.41. The molecule has 0 nitrogen and oxygen atoms in total. The first-order chi connectivity index (χ1) is 26.8. The van der Waals surface area contributed by atoms with Crippen LogP contribution in [0.15, 0.2) is 188 Å². The van der Waals surface area contributed by atoms with Crippen LogP contribution >= 0.6 is 11.3 Å². The highest BCUT2D eigenvalue weighted by Crippen LogP contribution is 2.66. The van der Waals surface area contributed by atoms with Gasteiger partial charge in [0.05, 0.1) is 5.41 Å². The van der Waals surface area contributed by atoms with Crippen LogP contribution in [0, 0.1) is 0 Å². The number of fused-ring (bicyclic) bond motifs is 13. The van der Waals surface area contributed by atoms with Crippen LogP contribution in [0.3, 0.4) is 0 Å². The van der Waals surface area contributed by atoms with E-state index >= 15 is 0 Å². The lowest BCUT2D eigenvalue weighted by Gasteiger charge is -2.29. The SMILES string of the molecule is C(=C(\CCc1ccc(-c2ccccc2)cc1)c1cccc2ccccc12)/c1cccc2c1-c1c(sc3ccccc13)C21c2ccccc2-c2ccccc21. The molecule has 0 bridgehead atoms. The maximum atomic E-state index is 2.53. The van der Waals surface area contributed by atoms with Gasteiger partial charge >= 0.3 is 0 Å². The minimum atomic E-state index is -0.356. The van der Waals surface area contributed by atoms with E-state index in [0.29, 0.717) is 0 Å². The Hall–Kier alpha value is -6.28. The molecule has 11 rings (SSSR count). The van der Waals surface area contributed by atoms with E-state index in [1.54, 1.807) is 0 Å². The number of hydrogen-bond donors (Lipinski definition) is 0. The topological polar surface area (TPSA) is 0 Å². The van der Waals surface area contributed by atoms with Gasteiger partial charge < -0.3 is 0 Å². The zero-order chi connectivity index (χ0) is 35.6. The second kappa shape index (κ2) is 12.4. The first-order valence-corrected chi connectivity index (χ1v) is 19.8. The summed E-state index contributed by atoms with van der Waals surface area (Å²) < 4.78 is 1.35. The van der Waals surface area contributed by atoms with Gasteiger partial charge in [-0.3, -0.25) is 0 Å². The maximum Gasteiger partial charge on any atom is 0.0819 e. The molecule has 0 radical (unpaired) electrons. The smallest absolute Gasteiger partial charge is 0.0819 e. The van der Waals surface area contributed by atoms with Crippen LogP contribution in [0.2, 0.25) is 0 Å². The van der Waals surface area contributed by atoms with Crippen LogP contribution in [0.25, 0.3) is 65.9 Å². The van der Waals surface area contributed by atoms with Gasteiger partial charge in [-0.25, -0.2) is 0 Å². The molecule has 0 saturated heterocycles. The lowest BCUT2D eigenvalue weighted by molar-refractivity contribution is 0.811. The third-order valence-corrected chi connectivity index (χ3v) is 13.1. The molecular formula is C53H36S. The number of hydrogen-bond acceptors (Lipinski definition) is 1. The number of thiophene rings is 1. The predicted molar refractivity (Wildman–Crippen MR) is 230 cm³/mol. The van der Waals surface area contributed by atoms with E-state index in [-0.39, 0.29) is 5.41 Å². The lowest BCUT2D eigenvalue weighted by Crippen LogP contribution is -2.24. The quantitative estimate of drug-likeness (QED) is 0.151. The normalized spacial score (nSPS) is 13.6. The summed E-state index contributed by atoms with van der Waals surface area (Å²) in [4.78, 5) is 1.45. The van der Waals surface area contributed by atoms with Crippen molar-refractivity contribution in [3.05, 3.63) is 226 Å². The number of allylic oxidation sites excluding steroid dienone is 1. The first kappa shape index (κ1) is 31.3. The minimum absolute atomic E-state index is 0.356. The Morgan fingerprint density at radius 2 is 1.09 bits per heavy atom. The predicted octanol–water partition coefficient (Wildman–Crippen LogP) is 14.2. The summed E-state index contributed by atoms with van der Waals surface area (Å²) in [5, 5.41) is 3.93. The fourth-order valence-electron chi connectivity index (χ4n) is 9.48. The van der Waals surface area contributed by atoms with Crippen LogP contribution in [-0.2, 0) is 11.8 Å². The van der Waals surface area contributed by atoms with Gasteiger partial charge in [-0.15, -0.1) is 11.3 Å². The van der Waals surface area contributed by atoms with Gasteiger partial charge in [0.25, 0.3) is 0 Å². The Labute approximate surface area is 320 Å². The molecule has 8 aromatic carbocycles. The van der Waals surface area contributed by atoms with Crippen molar-refractivity contribution >= 4 is 43.8 Å². The average molecular weight is 705 g/mol. The van der Waals surface area contributed by atoms with Gasteiger partial charge in [0.1, 0.15) is 0 Å². The van der Waals surface area contributed by atoms with Gasteiger partial charge in [0.2, 0.25) is 0 Å². The number of rotatable bonds is 6. The van der Waals surface area contributed by atoms with Crippen LogP contribution in [0.1, 0.15) is 44.7 Å². The van der Waals surface area contributed by atoms with Gasteiger partial charge in [-0.05, 0) is 96.5 Å². The second-order valence-electron chi connectivity index (χ2n) is 14.7. The van der Waals surface area contributed by atoms with Crippen molar-refractivity contribution in [3.8, 4) is 33.4 Å². The molecule has 0 N–H and O–H groups in total. The van der Waals surface area contributed by atoms with E-state index < -0.39 is 0 Å². The highest BCUT2D eigenvalue weighted by molar-refractivity contribution is 7.20. The summed E-state index contributed by atoms with van der Waals surface area (Å²) in [6.45, 7) is 0. The van der Waals surface area contributed by atoms with Gasteiger partial charge in [0.15, 0.2) is 0 Å². The highest BCUT2D eigenvalue weighted by Gasteiger charge is 2.53. The third kappa shape index (κ3) is 4.62. The summed E-state index contributed by atoms with van der Waals surface area (Å²) in [5.41, 5.74) is 17.1. The van der Waals surface area contributed by atoms with Crippen LogP contribution in [0.5, 0.6) is 0 Å². The zero-order valence-electron chi connectivity index (χ0n) is 29.8. The molecule has 2 aliphatic carbocycles. The van der Waals surface area contributed by atoms with Gasteiger partial charge in [0, 0.05) is 20.5 Å².